The third kappa shape index (κ3) is 3.95. The predicted octanol–water partition coefficient (Wildman–Crippen LogP) is 3.62. The van der Waals surface area contributed by atoms with Crippen LogP contribution in [0.25, 0.3) is 22.2 Å². The number of anilines is 1. The molecule has 0 atom stereocenters. The standard InChI is InChI=1S/C27H29N7O2/c1-27(2)15-31-26(36)20-4-3-16(10-23(20)27)22-13-30-24-21(22)9-17(11-29-24)25(35)33-18-12-32-34(14-18)19-5-7-28-8-6-19/h3-4,9-14,19,28H,5-8,15H2,1-2H3,(H,29,30)(H,31,36)(H,33,35). The quantitative estimate of drug-likeness (QED) is 0.354. The maximum Gasteiger partial charge on any atom is 0.257 e. The van der Waals surface area contributed by atoms with Crippen LogP contribution in [0.1, 0.15) is 59.0 Å². The van der Waals surface area contributed by atoms with Crippen LogP contribution in [-0.4, -0.2) is 51.2 Å². The molecule has 0 saturated carbocycles. The lowest BCUT2D eigenvalue weighted by atomic mass is 9.78. The summed E-state index contributed by atoms with van der Waals surface area (Å²) in [6.45, 7) is 6.80. The van der Waals surface area contributed by atoms with E-state index in [4.69, 9.17) is 0 Å². The molecule has 0 unspecified atom stereocenters. The molecular weight excluding hydrogens is 454 g/mol. The van der Waals surface area contributed by atoms with Crippen molar-refractivity contribution in [3.05, 3.63) is 65.7 Å². The predicted molar refractivity (Wildman–Crippen MR) is 138 cm³/mol. The van der Waals surface area contributed by atoms with Crippen LogP contribution in [0, 0.1) is 0 Å². The summed E-state index contributed by atoms with van der Waals surface area (Å²) in [5.74, 6) is -0.274. The van der Waals surface area contributed by atoms with E-state index in [1.807, 2.05) is 35.3 Å². The van der Waals surface area contributed by atoms with Crippen molar-refractivity contribution in [3.63, 3.8) is 0 Å². The van der Waals surface area contributed by atoms with E-state index in [1.165, 1.54) is 0 Å². The Morgan fingerprint density at radius 1 is 1.14 bits per heavy atom. The molecule has 2 aliphatic rings. The Morgan fingerprint density at radius 2 is 1.97 bits per heavy atom. The highest BCUT2D eigenvalue weighted by Crippen LogP contribution is 2.35. The molecule has 1 fully saturated rings. The molecular formula is C27H29N7O2. The Hall–Kier alpha value is -3.98. The Kier molecular flexibility index (Phi) is 5.37. The number of H-pyrrole nitrogens is 1. The van der Waals surface area contributed by atoms with E-state index in [0.29, 0.717) is 35.0 Å². The van der Waals surface area contributed by atoms with Crippen molar-refractivity contribution >= 4 is 28.5 Å². The van der Waals surface area contributed by atoms with Gasteiger partial charge >= 0.3 is 0 Å². The number of pyridine rings is 1. The molecule has 9 nitrogen and oxygen atoms in total. The van der Waals surface area contributed by atoms with Gasteiger partial charge in [0, 0.05) is 47.1 Å². The number of nitrogens with one attached hydrogen (secondary N) is 4. The highest BCUT2D eigenvalue weighted by Gasteiger charge is 2.31. The molecule has 4 N–H and O–H groups in total. The monoisotopic (exact) mass is 483 g/mol. The molecule has 1 aromatic carbocycles. The minimum absolute atomic E-state index is 0.0427. The molecule has 184 valence electrons. The van der Waals surface area contributed by atoms with Crippen LogP contribution in [-0.2, 0) is 5.41 Å². The molecule has 0 spiro atoms. The van der Waals surface area contributed by atoms with E-state index in [-0.39, 0.29) is 17.2 Å². The van der Waals surface area contributed by atoms with Gasteiger partial charge < -0.3 is 20.9 Å². The van der Waals surface area contributed by atoms with Gasteiger partial charge in [0.25, 0.3) is 11.8 Å². The lowest BCUT2D eigenvalue weighted by Gasteiger charge is -2.32. The first-order valence-electron chi connectivity index (χ1n) is 12.4. The minimum atomic E-state index is -0.232. The lowest BCUT2D eigenvalue weighted by Crippen LogP contribution is -2.43. The van der Waals surface area contributed by atoms with Gasteiger partial charge in [-0.1, -0.05) is 19.9 Å². The first-order valence-corrected chi connectivity index (χ1v) is 12.4. The zero-order valence-electron chi connectivity index (χ0n) is 20.4. The normalized spacial score (nSPS) is 17.6. The fourth-order valence-corrected chi connectivity index (χ4v) is 5.20. The highest BCUT2D eigenvalue weighted by molar-refractivity contribution is 6.07. The third-order valence-electron chi connectivity index (χ3n) is 7.33. The molecule has 0 bridgehead atoms. The average Bonchev–Trinajstić information content (AvgIpc) is 3.54. The van der Waals surface area contributed by atoms with Gasteiger partial charge in [-0.25, -0.2) is 4.98 Å². The molecule has 0 radical (unpaired) electrons. The molecule has 2 amide bonds. The Labute approximate surface area is 208 Å². The second-order valence-electron chi connectivity index (χ2n) is 10.3. The molecule has 4 aromatic rings. The molecule has 2 aliphatic heterocycles. The van der Waals surface area contributed by atoms with Crippen molar-refractivity contribution in [3.8, 4) is 11.1 Å². The topological polar surface area (TPSA) is 117 Å². The van der Waals surface area contributed by atoms with Crippen LogP contribution in [0.5, 0.6) is 0 Å². The highest BCUT2D eigenvalue weighted by atomic mass is 16.2. The number of aromatic nitrogens is 4. The Bertz CT molecular complexity index is 1480. The third-order valence-corrected chi connectivity index (χ3v) is 7.33. The SMILES string of the molecule is CC1(C)CNC(=O)c2ccc(-c3c[nH]c4ncc(C(=O)Nc5cnn(C6CCNCC6)c5)cc34)cc21. The van der Waals surface area contributed by atoms with Gasteiger partial charge in [-0.05, 0) is 55.3 Å². The van der Waals surface area contributed by atoms with E-state index >= 15 is 0 Å². The smallest absolute Gasteiger partial charge is 0.257 e. The van der Waals surface area contributed by atoms with Gasteiger partial charge in [-0.15, -0.1) is 0 Å². The van der Waals surface area contributed by atoms with Crippen molar-refractivity contribution in [2.45, 2.75) is 38.1 Å². The number of aromatic amines is 1. The summed E-state index contributed by atoms with van der Waals surface area (Å²) in [7, 11) is 0. The van der Waals surface area contributed by atoms with E-state index in [1.54, 1.807) is 12.4 Å². The summed E-state index contributed by atoms with van der Waals surface area (Å²) >= 11 is 0. The van der Waals surface area contributed by atoms with E-state index < -0.39 is 0 Å². The first kappa shape index (κ1) is 22.5. The summed E-state index contributed by atoms with van der Waals surface area (Å²) < 4.78 is 1.94. The molecule has 9 heteroatoms. The average molecular weight is 484 g/mol. The maximum atomic E-state index is 13.1. The molecule has 1 saturated heterocycles. The van der Waals surface area contributed by atoms with Crippen LogP contribution in [0.3, 0.4) is 0 Å². The van der Waals surface area contributed by atoms with Gasteiger partial charge in [0.05, 0.1) is 23.5 Å². The Morgan fingerprint density at radius 3 is 2.81 bits per heavy atom. The Balaban J connectivity index is 1.28. The van der Waals surface area contributed by atoms with Gasteiger partial charge in [0.1, 0.15) is 5.65 Å². The minimum Gasteiger partial charge on any atom is -0.351 e. The number of piperidine rings is 1. The van der Waals surface area contributed by atoms with Crippen molar-refractivity contribution in [1.29, 1.82) is 0 Å². The van der Waals surface area contributed by atoms with Crippen molar-refractivity contribution in [2.24, 2.45) is 0 Å². The van der Waals surface area contributed by atoms with E-state index in [2.05, 4.69) is 50.9 Å². The number of carbonyl (C=O) groups excluding carboxylic acids is 2. The lowest BCUT2D eigenvalue weighted by molar-refractivity contribution is 0.0929. The number of rotatable bonds is 4. The zero-order valence-corrected chi connectivity index (χ0v) is 20.4. The first-order chi connectivity index (χ1) is 17.4. The van der Waals surface area contributed by atoms with Gasteiger partial charge in [-0.3, -0.25) is 14.3 Å². The molecule has 36 heavy (non-hydrogen) atoms. The van der Waals surface area contributed by atoms with E-state index in [9.17, 15) is 9.59 Å². The number of benzene rings is 1. The number of hydrogen-bond donors (Lipinski definition) is 4. The maximum absolute atomic E-state index is 13.1. The molecule has 5 heterocycles. The fraction of sp³-hybridized carbons (Fsp3) is 0.333. The van der Waals surface area contributed by atoms with Gasteiger partial charge in [0.15, 0.2) is 0 Å². The van der Waals surface area contributed by atoms with Crippen molar-refractivity contribution in [1.82, 2.24) is 30.4 Å². The molecule has 3 aromatic heterocycles. The van der Waals surface area contributed by atoms with Crippen LogP contribution in [0.4, 0.5) is 5.69 Å². The second kappa shape index (κ2) is 8.60. The summed E-state index contributed by atoms with van der Waals surface area (Å²) in [5, 5.41) is 14.6. The number of fused-ring (bicyclic) bond motifs is 2. The summed E-state index contributed by atoms with van der Waals surface area (Å²) in [6, 6.07) is 8.12. The van der Waals surface area contributed by atoms with E-state index in [0.717, 1.165) is 48.0 Å². The number of amides is 2. The van der Waals surface area contributed by atoms with Crippen LogP contribution < -0.4 is 16.0 Å². The van der Waals surface area contributed by atoms with Gasteiger partial charge in [-0.2, -0.15) is 5.10 Å². The number of hydrogen-bond acceptors (Lipinski definition) is 5. The summed E-state index contributed by atoms with van der Waals surface area (Å²) in [6.07, 6.45) is 9.12. The van der Waals surface area contributed by atoms with Crippen LogP contribution in [0.2, 0.25) is 0 Å². The summed E-state index contributed by atoms with van der Waals surface area (Å²) in [5.41, 5.74) is 5.31. The van der Waals surface area contributed by atoms with Crippen molar-refractivity contribution < 1.29 is 9.59 Å². The van der Waals surface area contributed by atoms with Crippen LogP contribution in [0.15, 0.2) is 49.1 Å². The molecule has 6 rings (SSSR count). The van der Waals surface area contributed by atoms with Gasteiger partial charge in [0.2, 0.25) is 0 Å². The number of nitrogens with zero attached hydrogens (tertiary/aromatic N) is 3. The zero-order chi connectivity index (χ0) is 24.9. The summed E-state index contributed by atoms with van der Waals surface area (Å²) in [4.78, 5) is 33.1. The fourth-order valence-electron chi connectivity index (χ4n) is 5.20. The largest absolute Gasteiger partial charge is 0.351 e. The number of carbonyl (C=O) groups is 2. The molecule has 0 aliphatic carbocycles. The van der Waals surface area contributed by atoms with Crippen LogP contribution >= 0.6 is 0 Å². The second-order valence-corrected chi connectivity index (χ2v) is 10.3. The van der Waals surface area contributed by atoms with Crippen molar-refractivity contribution in [2.75, 3.05) is 25.0 Å².